The minimum atomic E-state index is -0.476. The molecule has 0 fully saturated rings. The molecule has 1 aromatic rings. The van der Waals surface area contributed by atoms with Crippen LogP contribution in [0.3, 0.4) is 0 Å². The van der Waals surface area contributed by atoms with E-state index in [0.29, 0.717) is 5.82 Å². The number of hydrogen-bond donors (Lipinski definition) is 0. The van der Waals surface area contributed by atoms with E-state index >= 15 is 0 Å². The standard InChI is InChI=1S/C8H10N4O2/c1-11(2)6-10-8-5-7(12(13)14)3-4-9-8/h3-6H,1-2H3. The van der Waals surface area contributed by atoms with Crippen molar-refractivity contribution in [3.8, 4) is 0 Å². The van der Waals surface area contributed by atoms with Crippen LogP contribution < -0.4 is 0 Å². The maximum Gasteiger partial charge on any atom is 0.274 e. The van der Waals surface area contributed by atoms with Crippen LogP contribution in [0.5, 0.6) is 0 Å². The van der Waals surface area contributed by atoms with Crippen LogP contribution in [0, 0.1) is 10.1 Å². The summed E-state index contributed by atoms with van der Waals surface area (Å²) in [6, 6.07) is 2.65. The largest absolute Gasteiger partial charge is 0.369 e. The van der Waals surface area contributed by atoms with E-state index in [9.17, 15) is 10.1 Å². The number of aliphatic imine (C=N–C) groups is 1. The monoisotopic (exact) mass is 194 g/mol. The first-order chi connectivity index (χ1) is 6.59. The summed E-state index contributed by atoms with van der Waals surface area (Å²) < 4.78 is 0. The zero-order valence-corrected chi connectivity index (χ0v) is 7.91. The Morgan fingerprint density at radius 2 is 2.36 bits per heavy atom. The Bertz CT molecular complexity index is 362. The summed E-state index contributed by atoms with van der Waals surface area (Å²) in [4.78, 5) is 19.5. The number of nitro groups is 1. The van der Waals surface area contributed by atoms with E-state index in [1.165, 1.54) is 24.7 Å². The molecule has 0 aromatic carbocycles. The number of rotatable bonds is 3. The smallest absolute Gasteiger partial charge is 0.274 e. The second-order valence-electron chi connectivity index (χ2n) is 2.84. The molecule has 6 nitrogen and oxygen atoms in total. The van der Waals surface area contributed by atoms with Crippen LogP contribution in [0.1, 0.15) is 0 Å². The van der Waals surface area contributed by atoms with Gasteiger partial charge in [0.25, 0.3) is 5.69 Å². The number of nitrogens with zero attached hydrogens (tertiary/aromatic N) is 4. The third-order valence-corrected chi connectivity index (χ3v) is 1.36. The molecule has 0 aliphatic heterocycles. The zero-order valence-electron chi connectivity index (χ0n) is 7.91. The molecule has 0 radical (unpaired) electrons. The third-order valence-electron chi connectivity index (χ3n) is 1.36. The van der Waals surface area contributed by atoms with Crippen molar-refractivity contribution in [2.45, 2.75) is 0 Å². The summed E-state index contributed by atoms with van der Waals surface area (Å²) in [5.74, 6) is 0.327. The minimum absolute atomic E-state index is 0.00842. The Balaban J connectivity index is 2.89. The van der Waals surface area contributed by atoms with E-state index in [-0.39, 0.29) is 5.69 Å². The van der Waals surface area contributed by atoms with Crippen LogP contribution in [0.25, 0.3) is 0 Å². The summed E-state index contributed by atoms with van der Waals surface area (Å²) in [7, 11) is 3.61. The second-order valence-corrected chi connectivity index (χ2v) is 2.84. The molecule has 0 spiro atoms. The number of aromatic nitrogens is 1. The van der Waals surface area contributed by atoms with Crippen LogP contribution in [0.4, 0.5) is 11.5 Å². The lowest BCUT2D eigenvalue weighted by molar-refractivity contribution is -0.384. The van der Waals surface area contributed by atoms with Gasteiger partial charge in [0.15, 0.2) is 5.82 Å². The van der Waals surface area contributed by atoms with E-state index in [1.807, 2.05) is 0 Å². The molecular formula is C8H10N4O2. The summed E-state index contributed by atoms with van der Waals surface area (Å²) >= 11 is 0. The fourth-order valence-electron chi connectivity index (χ4n) is 0.766. The topological polar surface area (TPSA) is 71.6 Å². The van der Waals surface area contributed by atoms with Crippen molar-refractivity contribution in [3.63, 3.8) is 0 Å². The first-order valence-corrected chi connectivity index (χ1v) is 3.90. The molecule has 6 heteroatoms. The molecule has 0 N–H and O–H groups in total. The average molecular weight is 194 g/mol. The molecule has 0 unspecified atom stereocenters. The Labute approximate surface area is 81.1 Å². The summed E-state index contributed by atoms with van der Waals surface area (Å²) in [5, 5.41) is 10.4. The lowest BCUT2D eigenvalue weighted by atomic mass is 10.4. The van der Waals surface area contributed by atoms with Gasteiger partial charge in [0, 0.05) is 26.4 Å². The van der Waals surface area contributed by atoms with Crippen molar-refractivity contribution in [2.75, 3.05) is 14.1 Å². The Morgan fingerprint density at radius 3 is 2.93 bits per heavy atom. The molecule has 0 atom stereocenters. The third kappa shape index (κ3) is 2.81. The summed E-state index contributed by atoms with van der Waals surface area (Å²) in [6.07, 6.45) is 2.90. The Morgan fingerprint density at radius 1 is 1.64 bits per heavy atom. The minimum Gasteiger partial charge on any atom is -0.369 e. The highest BCUT2D eigenvalue weighted by atomic mass is 16.6. The van der Waals surface area contributed by atoms with Gasteiger partial charge in [-0.3, -0.25) is 10.1 Å². The molecular weight excluding hydrogens is 184 g/mol. The van der Waals surface area contributed by atoms with Gasteiger partial charge in [-0.2, -0.15) is 0 Å². The van der Waals surface area contributed by atoms with Crippen LogP contribution in [0.15, 0.2) is 23.3 Å². The highest BCUT2D eigenvalue weighted by Crippen LogP contribution is 2.15. The van der Waals surface area contributed by atoms with E-state index < -0.39 is 4.92 Å². The van der Waals surface area contributed by atoms with Gasteiger partial charge in [0.2, 0.25) is 0 Å². The fraction of sp³-hybridized carbons (Fsp3) is 0.250. The van der Waals surface area contributed by atoms with E-state index in [0.717, 1.165) is 0 Å². The van der Waals surface area contributed by atoms with E-state index in [1.54, 1.807) is 19.0 Å². The van der Waals surface area contributed by atoms with Crippen molar-refractivity contribution in [2.24, 2.45) is 4.99 Å². The molecule has 0 aliphatic rings. The van der Waals surface area contributed by atoms with Crippen LogP contribution in [-0.2, 0) is 0 Å². The quantitative estimate of drug-likeness (QED) is 0.314. The van der Waals surface area contributed by atoms with Gasteiger partial charge in [0.1, 0.15) is 0 Å². The lowest BCUT2D eigenvalue weighted by Crippen LogP contribution is -2.07. The molecule has 14 heavy (non-hydrogen) atoms. The van der Waals surface area contributed by atoms with Crippen molar-refractivity contribution in [3.05, 3.63) is 28.4 Å². The Hall–Kier alpha value is -1.98. The molecule has 74 valence electrons. The van der Waals surface area contributed by atoms with Crippen molar-refractivity contribution >= 4 is 17.8 Å². The molecule has 1 aromatic heterocycles. The van der Waals surface area contributed by atoms with E-state index in [2.05, 4.69) is 9.98 Å². The molecule has 0 saturated carbocycles. The molecule has 0 saturated heterocycles. The van der Waals surface area contributed by atoms with Gasteiger partial charge in [-0.05, 0) is 0 Å². The second kappa shape index (κ2) is 4.31. The first-order valence-electron chi connectivity index (χ1n) is 3.90. The highest BCUT2D eigenvalue weighted by molar-refractivity contribution is 5.59. The molecule has 1 heterocycles. The lowest BCUT2D eigenvalue weighted by Gasteiger charge is -2.01. The summed E-state index contributed by atoms with van der Waals surface area (Å²) in [5.41, 5.74) is -0.00842. The van der Waals surface area contributed by atoms with Gasteiger partial charge in [-0.25, -0.2) is 9.98 Å². The maximum absolute atomic E-state index is 10.4. The maximum atomic E-state index is 10.4. The van der Waals surface area contributed by atoms with Crippen molar-refractivity contribution in [1.82, 2.24) is 9.88 Å². The first kappa shape index (κ1) is 10.1. The zero-order chi connectivity index (χ0) is 10.6. The SMILES string of the molecule is CN(C)C=Nc1cc([N+](=O)[O-])ccn1. The fourth-order valence-corrected chi connectivity index (χ4v) is 0.766. The van der Waals surface area contributed by atoms with Crippen LogP contribution in [-0.4, -0.2) is 35.2 Å². The van der Waals surface area contributed by atoms with Gasteiger partial charge in [-0.15, -0.1) is 0 Å². The van der Waals surface area contributed by atoms with Crippen molar-refractivity contribution < 1.29 is 4.92 Å². The van der Waals surface area contributed by atoms with Crippen LogP contribution >= 0.6 is 0 Å². The van der Waals surface area contributed by atoms with Gasteiger partial charge in [-0.1, -0.05) is 0 Å². The van der Waals surface area contributed by atoms with E-state index in [4.69, 9.17) is 0 Å². The molecule has 0 aliphatic carbocycles. The van der Waals surface area contributed by atoms with Gasteiger partial charge in [0.05, 0.1) is 17.3 Å². The molecule has 0 amide bonds. The predicted octanol–water partition coefficient (Wildman–Crippen LogP) is 1.21. The average Bonchev–Trinajstić information content (AvgIpc) is 2.15. The predicted molar refractivity (Wildman–Crippen MR) is 52.7 cm³/mol. The van der Waals surface area contributed by atoms with Crippen LogP contribution in [0.2, 0.25) is 0 Å². The number of pyridine rings is 1. The Kier molecular flexibility index (Phi) is 3.11. The molecule has 1 rings (SSSR count). The number of hydrogen-bond acceptors (Lipinski definition) is 4. The van der Waals surface area contributed by atoms with Gasteiger partial charge < -0.3 is 4.90 Å². The normalized spacial score (nSPS) is 10.4. The van der Waals surface area contributed by atoms with Gasteiger partial charge >= 0.3 is 0 Å². The van der Waals surface area contributed by atoms with Crippen molar-refractivity contribution in [1.29, 1.82) is 0 Å². The summed E-state index contributed by atoms with van der Waals surface area (Å²) in [6.45, 7) is 0. The highest BCUT2D eigenvalue weighted by Gasteiger charge is 2.04. The molecule has 0 bridgehead atoms.